The van der Waals surface area contributed by atoms with Gasteiger partial charge in [0.2, 0.25) is 0 Å². The Morgan fingerprint density at radius 3 is 1.95 bits per heavy atom. The van der Waals surface area contributed by atoms with Crippen LogP contribution in [0.1, 0.15) is 52.7 Å². The predicted octanol–water partition coefficient (Wildman–Crippen LogP) is 5.44. The molecule has 10 nitrogen and oxygen atoms in total. The molecule has 3 heterocycles. The van der Waals surface area contributed by atoms with Crippen molar-refractivity contribution in [2.24, 2.45) is 0 Å². The zero-order valence-corrected chi connectivity index (χ0v) is 24.8. The molecule has 6 atom stereocenters. The van der Waals surface area contributed by atoms with Crippen molar-refractivity contribution < 1.29 is 42.5 Å². The lowest BCUT2D eigenvalue weighted by atomic mass is 9.91. The Morgan fingerprint density at radius 1 is 0.900 bits per heavy atom. The molecule has 40 heavy (non-hydrogen) atoms. The van der Waals surface area contributed by atoms with E-state index in [-0.39, 0.29) is 19.8 Å². The number of fused-ring (bicyclic) bond motifs is 1. The van der Waals surface area contributed by atoms with Gasteiger partial charge in [0.25, 0.3) is 0 Å². The number of hydrogen-bond acceptors (Lipinski definition) is 10. The Kier molecular flexibility index (Phi) is 8.33. The third kappa shape index (κ3) is 6.08. The van der Waals surface area contributed by atoms with Crippen LogP contribution in [0.3, 0.4) is 0 Å². The summed E-state index contributed by atoms with van der Waals surface area (Å²) in [5, 5.41) is 12.5. The molecule has 0 amide bonds. The summed E-state index contributed by atoms with van der Waals surface area (Å²) in [5.41, 5.74) is 0.661. The molecule has 1 N–H and O–H groups in total. The van der Waals surface area contributed by atoms with E-state index in [1.165, 1.54) is 0 Å². The third-order valence-electron chi connectivity index (χ3n) is 7.53. The first-order chi connectivity index (χ1) is 18.8. The number of ether oxygens (including phenoxy) is 5. The van der Waals surface area contributed by atoms with Crippen LogP contribution in [-0.4, -0.2) is 64.4 Å². The van der Waals surface area contributed by atoms with Crippen LogP contribution in [0.2, 0.25) is 0 Å². The van der Waals surface area contributed by atoms with Gasteiger partial charge in [-0.15, -0.1) is 5.06 Å². The van der Waals surface area contributed by atoms with E-state index < -0.39 is 55.1 Å². The highest BCUT2D eigenvalue weighted by Crippen LogP contribution is 2.57. The van der Waals surface area contributed by atoms with Crippen LogP contribution in [0.25, 0.3) is 0 Å². The van der Waals surface area contributed by atoms with Gasteiger partial charge >= 0.3 is 7.60 Å². The lowest BCUT2D eigenvalue weighted by Gasteiger charge is -2.35. The molecule has 3 fully saturated rings. The fourth-order valence-electron chi connectivity index (χ4n) is 5.56. The van der Waals surface area contributed by atoms with Gasteiger partial charge in [0.05, 0.1) is 19.8 Å². The first-order valence-corrected chi connectivity index (χ1v) is 15.2. The smallest absolute Gasteiger partial charge is 0.349 e. The third-order valence-corrected chi connectivity index (χ3v) is 9.66. The van der Waals surface area contributed by atoms with Gasteiger partial charge in [0.15, 0.2) is 17.8 Å². The molecule has 0 aromatic heterocycles. The van der Waals surface area contributed by atoms with E-state index in [1.807, 2.05) is 95.3 Å². The quantitative estimate of drug-likeness (QED) is 0.290. The lowest BCUT2D eigenvalue weighted by molar-refractivity contribution is -0.279. The minimum Gasteiger partial charge on any atom is -0.349 e. The molecule has 220 valence electrons. The van der Waals surface area contributed by atoms with Gasteiger partial charge in [-0.1, -0.05) is 60.7 Å². The van der Waals surface area contributed by atoms with E-state index in [0.29, 0.717) is 0 Å². The average molecular weight is 578 g/mol. The summed E-state index contributed by atoms with van der Waals surface area (Å²) in [6.07, 6.45) is -2.89. The molecule has 0 bridgehead atoms. The second kappa shape index (κ2) is 11.2. The first kappa shape index (κ1) is 29.8. The normalized spacial score (nSPS) is 31.9. The Labute approximate surface area is 235 Å². The summed E-state index contributed by atoms with van der Waals surface area (Å²) < 4.78 is 57.2. The van der Waals surface area contributed by atoms with Crippen LogP contribution in [0, 0.1) is 0 Å². The van der Waals surface area contributed by atoms with Crippen molar-refractivity contribution in [3.8, 4) is 0 Å². The zero-order chi connectivity index (χ0) is 28.8. The van der Waals surface area contributed by atoms with E-state index in [0.717, 1.165) is 16.2 Å². The van der Waals surface area contributed by atoms with Crippen molar-refractivity contribution in [2.75, 3.05) is 6.61 Å². The topological polar surface area (TPSA) is 105 Å². The highest BCUT2D eigenvalue weighted by molar-refractivity contribution is 7.54. The second-order valence-corrected chi connectivity index (χ2v) is 14.0. The van der Waals surface area contributed by atoms with E-state index in [2.05, 4.69) is 0 Å². The molecular formula is C29H40NO9P. The van der Waals surface area contributed by atoms with E-state index in [1.54, 1.807) is 6.92 Å². The summed E-state index contributed by atoms with van der Waals surface area (Å²) in [5.74, 6) is -2.85. The summed E-state index contributed by atoms with van der Waals surface area (Å²) in [6.45, 7) is 11.1. The van der Waals surface area contributed by atoms with E-state index in [9.17, 15) is 9.77 Å². The number of rotatable bonds is 10. The molecule has 3 saturated heterocycles. The molecule has 5 rings (SSSR count). The van der Waals surface area contributed by atoms with Crippen LogP contribution >= 0.6 is 7.60 Å². The molecule has 0 saturated carbocycles. The predicted molar refractivity (Wildman–Crippen MR) is 145 cm³/mol. The molecule has 3 aliphatic rings. The monoisotopic (exact) mass is 577 g/mol. The average Bonchev–Trinajstić information content (AvgIpc) is 3.50. The number of benzene rings is 2. The highest BCUT2D eigenvalue weighted by Gasteiger charge is 2.68. The molecular weight excluding hydrogens is 537 g/mol. The fraction of sp³-hybridized carbons (Fsp3) is 0.586. The van der Waals surface area contributed by atoms with Crippen LogP contribution in [0.15, 0.2) is 60.7 Å². The zero-order valence-electron chi connectivity index (χ0n) is 23.9. The molecule has 3 aliphatic heterocycles. The number of hydrogen-bond donors (Lipinski definition) is 1. The number of nitrogens with zero attached hydrogens (tertiary/aromatic N) is 1. The van der Waals surface area contributed by atoms with Crippen molar-refractivity contribution in [3.05, 3.63) is 71.8 Å². The highest BCUT2D eigenvalue weighted by atomic mass is 31.2. The second-order valence-electron chi connectivity index (χ2n) is 11.6. The van der Waals surface area contributed by atoms with Gasteiger partial charge in [-0.25, -0.2) is 0 Å². The molecule has 0 aliphatic carbocycles. The molecule has 2 aromatic rings. The summed E-state index contributed by atoms with van der Waals surface area (Å²) in [6, 6.07) is 18.8. The van der Waals surface area contributed by atoms with Crippen LogP contribution < -0.4 is 0 Å². The van der Waals surface area contributed by atoms with Crippen LogP contribution in [-0.2, 0) is 50.5 Å². The van der Waals surface area contributed by atoms with Gasteiger partial charge < -0.3 is 37.9 Å². The van der Waals surface area contributed by atoms with Gasteiger partial charge in [-0.2, -0.15) is 0 Å². The first-order valence-electron chi connectivity index (χ1n) is 13.6. The maximum Gasteiger partial charge on any atom is 0.350 e. The molecule has 2 aromatic carbocycles. The Balaban J connectivity index is 1.39. The summed E-state index contributed by atoms with van der Waals surface area (Å²) in [4.78, 5) is 0. The standard InChI is InChI=1S/C29H40NO9P/c1-20(40(32,34-17-21-13-9-7-10-14-21)35-18-22-15-11-8-12-16-22)30(31)26-25-29(6,39-28(4,5)38-25)24(36-26)23-19-33-27(2,3)37-23/h7-16,20,23-26,31H,17-19H2,1-6H3/t20-,23+,24+,25+,26-,29-/m0/s1. The van der Waals surface area contributed by atoms with Gasteiger partial charge in [-0.05, 0) is 52.7 Å². The summed E-state index contributed by atoms with van der Waals surface area (Å²) >= 11 is 0. The van der Waals surface area contributed by atoms with Gasteiger partial charge in [-0.3, -0.25) is 4.57 Å². The molecule has 0 spiro atoms. The Morgan fingerprint density at radius 2 is 1.45 bits per heavy atom. The fourth-order valence-corrected chi connectivity index (χ4v) is 7.15. The molecule has 11 heteroatoms. The Bertz CT molecular complexity index is 1150. The molecule has 0 radical (unpaired) electrons. The maximum absolute atomic E-state index is 14.4. The minimum atomic E-state index is -3.96. The van der Waals surface area contributed by atoms with E-state index in [4.69, 9.17) is 32.7 Å². The largest absolute Gasteiger partial charge is 0.350 e. The van der Waals surface area contributed by atoms with Crippen molar-refractivity contribution in [1.29, 1.82) is 0 Å². The molecule has 0 unspecified atom stereocenters. The minimum absolute atomic E-state index is 0.0371. The maximum atomic E-state index is 14.4. The SMILES string of the molecule is C[C@@H](N(O)[C@H]1O[C@H]([C@H]2COC(C)(C)O2)[C@]2(C)OC(C)(C)O[C@H]12)P(=O)(OCc1ccccc1)OCc1ccccc1. The van der Waals surface area contributed by atoms with Crippen molar-refractivity contribution in [2.45, 2.75) is 102 Å². The lowest BCUT2D eigenvalue weighted by Crippen LogP contribution is -2.51. The van der Waals surface area contributed by atoms with Gasteiger partial charge in [0.1, 0.15) is 29.7 Å². The summed E-state index contributed by atoms with van der Waals surface area (Å²) in [7, 11) is -3.96. The Hall–Kier alpha value is -1.69. The van der Waals surface area contributed by atoms with Crippen LogP contribution in [0.5, 0.6) is 0 Å². The number of hydroxylamine groups is 2. The van der Waals surface area contributed by atoms with Crippen molar-refractivity contribution in [3.63, 3.8) is 0 Å². The van der Waals surface area contributed by atoms with Gasteiger partial charge in [0, 0.05) is 0 Å². The van der Waals surface area contributed by atoms with Crippen molar-refractivity contribution >= 4 is 7.60 Å². The van der Waals surface area contributed by atoms with Crippen LogP contribution in [0.4, 0.5) is 0 Å². The van der Waals surface area contributed by atoms with Crippen molar-refractivity contribution in [1.82, 2.24) is 5.06 Å². The van der Waals surface area contributed by atoms with E-state index >= 15 is 0 Å².